The first-order valence-corrected chi connectivity index (χ1v) is 7.31. The minimum Gasteiger partial charge on any atom is -0.359 e. The summed E-state index contributed by atoms with van der Waals surface area (Å²) < 4.78 is 13.6. The molecular weight excluding hydrogens is 259 g/mol. The Morgan fingerprint density at radius 1 is 1.32 bits per heavy atom. The fourth-order valence-electron chi connectivity index (χ4n) is 2.59. The van der Waals surface area contributed by atoms with Crippen LogP contribution in [0.3, 0.4) is 0 Å². The predicted octanol–water partition coefficient (Wildman–Crippen LogP) is 4.00. The summed E-state index contributed by atoms with van der Waals surface area (Å²) in [5.41, 5.74) is 1.46. The zero-order valence-electron chi connectivity index (χ0n) is 11.5. The summed E-state index contributed by atoms with van der Waals surface area (Å²) in [5, 5.41) is 6.80. The first-order chi connectivity index (χ1) is 9.06. The summed E-state index contributed by atoms with van der Waals surface area (Å²) in [6, 6.07) is 5.39. The van der Waals surface area contributed by atoms with Crippen LogP contribution in [0.25, 0.3) is 0 Å². The second-order valence-corrected chi connectivity index (χ2v) is 5.86. The Kier molecular flexibility index (Phi) is 4.75. The predicted molar refractivity (Wildman–Crippen MR) is 81.9 cm³/mol. The molecule has 0 saturated heterocycles. The van der Waals surface area contributed by atoms with Crippen molar-refractivity contribution < 1.29 is 4.39 Å². The Balaban J connectivity index is 1.95. The van der Waals surface area contributed by atoms with E-state index in [1.165, 1.54) is 25.3 Å². The summed E-state index contributed by atoms with van der Waals surface area (Å²) in [6.45, 7) is 4.18. The standard InChI is InChI=1S/C15H21FN2S/c1-10-7-8-12(16)14(9-10)18-15(19)17-13-6-4-3-5-11(13)2/h7-9,11,13H,3-6H2,1-2H3,(H2,17,18,19)/t11-,13+/m1/s1. The molecule has 1 aromatic carbocycles. The van der Waals surface area contributed by atoms with Crippen LogP contribution in [-0.4, -0.2) is 11.2 Å². The molecule has 19 heavy (non-hydrogen) atoms. The number of halogens is 1. The molecule has 1 aromatic rings. The molecule has 0 spiro atoms. The van der Waals surface area contributed by atoms with Crippen LogP contribution >= 0.6 is 12.2 Å². The minimum atomic E-state index is -0.272. The molecule has 1 aliphatic carbocycles. The highest BCUT2D eigenvalue weighted by Gasteiger charge is 2.21. The summed E-state index contributed by atoms with van der Waals surface area (Å²) in [5.74, 6) is 0.349. The van der Waals surface area contributed by atoms with Gasteiger partial charge in [-0.25, -0.2) is 4.39 Å². The van der Waals surface area contributed by atoms with Crippen molar-refractivity contribution in [2.75, 3.05) is 5.32 Å². The minimum absolute atomic E-state index is 0.272. The SMILES string of the molecule is Cc1ccc(F)c(NC(=S)N[C@H]2CCCC[C@H]2C)c1. The average Bonchev–Trinajstić information content (AvgIpc) is 2.37. The van der Waals surface area contributed by atoms with Gasteiger partial charge in [0, 0.05) is 6.04 Å². The smallest absolute Gasteiger partial charge is 0.171 e. The molecular formula is C15H21FN2S. The van der Waals surface area contributed by atoms with Crippen LogP contribution in [0.5, 0.6) is 0 Å². The second-order valence-electron chi connectivity index (χ2n) is 5.45. The van der Waals surface area contributed by atoms with E-state index >= 15 is 0 Å². The molecule has 2 nitrogen and oxygen atoms in total. The zero-order valence-corrected chi connectivity index (χ0v) is 12.3. The maximum absolute atomic E-state index is 13.6. The number of nitrogens with one attached hydrogen (secondary N) is 2. The lowest BCUT2D eigenvalue weighted by Gasteiger charge is -2.30. The van der Waals surface area contributed by atoms with E-state index in [1.54, 1.807) is 12.1 Å². The van der Waals surface area contributed by atoms with Crippen LogP contribution in [0.4, 0.5) is 10.1 Å². The van der Waals surface area contributed by atoms with Crippen LogP contribution in [0.15, 0.2) is 18.2 Å². The third-order valence-corrected chi connectivity index (χ3v) is 4.02. The molecule has 0 heterocycles. The van der Waals surface area contributed by atoms with Gasteiger partial charge in [0.15, 0.2) is 5.11 Å². The van der Waals surface area contributed by atoms with Crippen molar-refractivity contribution in [2.24, 2.45) is 5.92 Å². The molecule has 4 heteroatoms. The summed E-state index contributed by atoms with van der Waals surface area (Å²) >= 11 is 5.28. The van der Waals surface area contributed by atoms with Crippen molar-refractivity contribution in [3.63, 3.8) is 0 Å². The first kappa shape index (κ1) is 14.3. The molecule has 2 rings (SSSR count). The Morgan fingerprint density at radius 2 is 2.05 bits per heavy atom. The Hall–Kier alpha value is -1.16. The zero-order chi connectivity index (χ0) is 13.8. The van der Waals surface area contributed by atoms with Gasteiger partial charge in [0.25, 0.3) is 0 Å². The number of benzene rings is 1. The quantitative estimate of drug-likeness (QED) is 0.801. The first-order valence-electron chi connectivity index (χ1n) is 6.90. The van der Waals surface area contributed by atoms with E-state index in [4.69, 9.17) is 12.2 Å². The molecule has 0 radical (unpaired) electrons. The molecule has 1 saturated carbocycles. The van der Waals surface area contributed by atoms with E-state index in [1.807, 2.05) is 6.92 Å². The van der Waals surface area contributed by atoms with Crippen molar-refractivity contribution in [1.29, 1.82) is 0 Å². The van der Waals surface area contributed by atoms with Gasteiger partial charge in [-0.2, -0.15) is 0 Å². The molecule has 2 N–H and O–H groups in total. The van der Waals surface area contributed by atoms with E-state index in [-0.39, 0.29) is 5.82 Å². The van der Waals surface area contributed by atoms with Gasteiger partial charge in [-0.3, -0.25) is 0 Å². The topological polar surface area (TPSA) is 24.1 Å². The number of aryl methyl sites for hydroxylation is 1. The Labute approximate surface area is 119 Å². The normalized spacial score (nSPS) is 22.9. The number of thiocarbonyl (C=S) groups is 1. The summed E-state index contributed by atoms with van der Waals surface area (Å²) in [4.78, 5) is 0. The van der Waals surface area contributed by atoms with E-state index < -0.39 is 0 Å². The van der Waals surface area contributed by atoms with E-state index in [0.29, 0.717) is 22.8 Å². The number of hydrogen-bond acceptors (Lipinski definition) is 1. The lowest BCUT2D eigenvalue weighted by atomic mass is 9.86. The highest BCUT2D eigenvalue weighted by atomic mass is 32.1. The van der Waals surface area contributed by atoms with Gasteiger partial charge in [-0.15, -0.1) is 0 Å². The second kappa shape index (κ2) is 6.33. The van der Waals surface area contributed by atoms with Crippen LogP contribution in [0.2, 0.25) is 0 Å². The number of hydrogen-bond donors (Lipinski definition) is 2. The fourth-order valence-corrected chi connectivity index (χ4v) is 2.85. The van der Waals surface area contributed by atoms with E-state index in [2.05, 4.69) is 17.6 Å². The molecule has 0 bridgehead atoms. The monoisotopic (exact) mass is 280 g/mol. The highest BCUT2D eigenvalue weighted by Crippen LogP contribution is 2.24. The third kappa shape index (κ3) is 3.90. The van der Waals surface area contributed by atoms with Crippen molar-refractivity contribution in [3.8, 4) is 0 Å². The van der Waals surface area contributed by atoms with Gasteiger partial charge in [0.05, 0.1) is 5.69 Å². The molecule has 2 atom stereocenters. The van der Waals surface area contributed by atoms with Crippen molar-refractivity contribution in [1.82, 2.24) is 5.32 Å². The molecule has 0 aromatic heterocycles. The van der Waals surface area contributed by atoms with Gasteiger partial charge >= 0.3 is 0 Å². The van der Waals surface area contributed by atoms with E-state index in [0.717, 1.165) is 12.0 Å². The van der Waals surface area contributed by atoms with Crippen LogP contribution < -0.4 is 10.6 Å². The van der Waals surface area contributed by atoms with Gasteiger partial charge < -0.3 is 10.6 Å². The Bertz CT molecular complexity index is 461. The summed E-state index contributed by atoms with van der Waals surface area (Å²) in [7, 11) is 0. The van der Waals surface area contributed by atoms with Gasteiger partial charge in [0.2, 0.25) is 0 Å². The molecule has 1 fully saturated rings. The van der Waals surface area contributed by atoms with Crippen molar-refractivity contribution in [3.05, 3.63) is 29.6 Å². The number of anilines is 1. The lowest BCUT2D eigenvalue weighted by molar-refractivity contribution is 0.309. The Morgan fingerprint density at radius 3 is 2.79 bits per heavy atom. The van der Waals surface area contributed by atoms with E-state index in [9.17, 15) is 4.39 Å². The third-order valence-electron chi connectivity index (χ3n) is 3.80. The van der Waals surface area contributed by atoms with Crippen molar-refractivity contribution >= 4 is 23.0 Å². The average molecular weight is 280 g/mol. The maximum Gasteiger partial charge on any atom is 0.171 e. The molecule has 0 unspecified atom stereocenters. The molecule has 0 amide bonds. The van der Waals surface area contributed by atoms with Crippen LogP contribution in [-0.2, 0) is 0 Å². The van der Waals surface area contributed by atoms with Crippen LogP contribution in [0, 0.1) is 18.7 Å². The van der Waals surface area contributed by atoms with Crippen LogP contribution in [0.1, 0.15) is 38.2 Å². The lowest BCUT2D eigenvalue weighted by Crippen LogP contribution is -2.43. The number of rotatable bonds is 2. The fraction of sp³-hybridized carbons (Fsp3) is 0.533. The van der Waals surface area contributed by atoms with Gasteiger partial charge in [0.1, 0.15) is 5.82 Å². The molecule has 0 aliphatic heterocycles. The largest absolute Gasteiger partial charge is 0.359 e. The highest BCUT2D eigenvalue weighted by molar-refractivity contribution is 7.80. The molecule has 1 aliphatic rings. The molecule has 104 valence electrons. The van der Waals surface area contributed by atoms with Crippen molar-refractivity contribution in [2.45, 2.75) is 45.6 Å². The summed E-state index contributed by atoms with van der Waals surface area (Å²) in [6.07, 6.45) is 4.91. The van der Waals surface area contributed by atoms with Gasteiger partial charge in [-0.1, -0.05) is 25.8 Å². The maximum atomic E-state index is 13.6. The van der Waals surface area contributed by atoms with Gasteiger partial charge in [-0.05, 0) is 55.6 Å².